The smallest absolute Gasteiger partial charge is 0.416 e. The molecule has 35 heavy (non-hydrogen) atoms. The number of anilines is 1. The Morgan fingerprint density at radius 3 is 2.60 bits per heavy atom. The maximum atomic E-state index is 12.9. The third-order valence-electron chi connectivity index (χ3n) is 5.26. The molecular formula is C24H17F3N4O4. The molecule has 8 nitrogen and oxygen atoms in total. The lowest BCUT2D eigenvalue weighted by atomic mass is 10.1. The van der Waals surface area contributed by atoms with Crippen LogP contribution in [0.3, 0.4) is 0 Å². The minimum absolute atomic E-state index is 0.170. The van der Waals surface area contributed by atoms with Gasteiger partial charge in [-0.1, -0.05) is 30.3 Å². The maximum absolute atomic E-state index is 12.9. The molecule has 0 saturated heterocycles. The summed E-state index contributed by atoms with van der Waals surface area (Å²) in [5.41, 5.74) is 2.82. The number of carboxylic acid groups (broad SMARTS) is 1. The van der Waals surface area contributed by atoms with Crippen LogP contribution in [0.25, 0.3) is 10.9 Å². The van der Waals surface area contributed by atoms with E-state index in [1.54, 1.807) is 24.4 Å². The Labute approximate surface area is 196 Å². The van der Waals surface area contributed by atoms with Gasteiger partial charge in [-0.05, 0) is 35.9 Å². The summed E-state index contributed by atoms with van der Waals surface area (Å²) < 4.78 is 40.6. The predicted molar refractivity (Wildman–Crippen MR) is 124 cm³/mol. The molecular weight excluding hydrogens is 465 g/mol. The first-order valence-corrected chi connectivity index (χ1v) is 10.2. The lowest BCUT2D eigenvalue weighted by Crippen LogP contribution is -2.06. The molecule has 0 spiro atoms. The molecule has 2 N–H and O–H groups in total. The van der Waals surface area contributed by atoms with E-state index in [1.807, 2.05) is 28.8 Å². The highest BCUT2D eigenvalue weighted by molar-refractivity contribution is 5.99. The largest absolute Gasteiger partial charge is 0.478 e. The van der Waals surface area contributed by atoms with Crippen molar-refractivity contribution in [2.24, 2.45) is 5.10 Å². The van der Waals surface area contributed by atoms with Crippen LogP contribution in [-0.2, 0) is 12.7 Å². The van der Waals surface area contributed by atoms with Crippen molar-refractivity contribution in [2.75, 3.05) is 5.43 Å². The van der Waals surface area contributed by atoms with Gasteiger partial charge in [-0.25, -0.2) is 4.79 Å². The molecule has 0 unspecified atom stereocenters. The van der Waals surface area contributed by atoms with Gasteiger partial charge in [-0.15, -0.1) is 0 Å². The molecule has 1 aromatic heterocycles. The number of benzene rings is 3. The SMILES string of the molecule is O=C(O)c1cccc(Cn2cc(/C=N/Nc3ccc(C(F)(F)F)cc3[N+](=O)[O-])c3ccccc32)c1. The monoisotopic (exact) mass is 482 g/mol. The molecule has 0 aliphatic rings. The van der Waals surface area contributed by atoms with Gasteiger partial charge in [0.1, 0.15) is 5.69 Å². The maximum Gasteiger partial charge on any atom is 0.416 e. The van der Waals surface area contributed by atoms with Crippen molar-refractivity contribution in [1.29, 1.82) is 0 Å². The quantitative estimate of drug-likeness (QED) is 0.198. The van der Waals surface area contributed by atoms with Gasteiger partial charge >= 0.3 is 12.1 Å². The lowest BCUT2D eigenvalue weighted by molar-refractivity contribution is -0.384. The summed E-state index contributed by atoms with van der Waals surface area (Å²) in [6.07, 6.45) is -1.52. The third kappa shape index (κ3) is 5.13. The predicted octanol–water partition coefficient (Wildman–Crippen LogP) is 5.76. The zero-order valence-corrected chi connectivity index (χ0v) is 17.9. The molecule has 0 amide bonds. The fourth-order valence-corrected chi connectivity index (χ4v) is 3.63. The molecule has 1 heterocycles. The molecule has 0 saturated carbocycles. The van der Waals surface area contributed by atoms with Gasteiger partial charge in [-0.2, -0.15) is 18.3 Å². The zero-order chi connectivity index (χ0) is 25.2. The van der Waals surface area contributed by atoms with Gasteiger partial charge in [0.25, 0.3) is 5.69 Å². The minimum Gasteiger partial charge on any atom is -0.478 e. The van der Waals surface area contributed by atoms with Crippen LogP contribution in [-0.4, -0.2) is 26.8 Å². The van der Waals surface area contributed by atoms with Crippen LogP contribution in [0.1, 0.15) is 27.0 Å². The van der Waals surface area contributed by atoms with Crippen molar-refractivity contribution < 1.29 is 28.0 Å². The van der Waals surface area contributed by atoms with Crippen LogP contribution in [0.5, 0.6) is 0 Å². The second-order valence-electron chi connectivity index (χ2n) is 7.59. The average Bonchev–Trinajstić information content (AvgIpc) is 3.16. The second kappa shape index (κ2) is 9.29. The Morgan fingerprint density at radius 2 is 1.89 bits per heavy atom. The zero-order valence-electron chi connectivity index (χ0n) is 17.9. The van der Waals surface area contributed by atoms with Gasteiger partial charge in [0.2, 0.25) is 0 Å². The number of alkyl halides is 3. The number of fused-ring (bicyclic) bond motifs is 1. The molecule has 3 aromatic carbocycles. The number of hydrazone groups is 1. The van der Waals surface area contributed by atoms with Gasteiger partial charge in [0.05, 0.1) is 22.3 Å². The number of aromatic nitrogens is 1. The van der Waals surface area contributed by atoms with E-state index < -0.39 is 28.3 Å². The van der Waals surface area contributed by atoms with Crippen LogP contribution in [0.4, 0.5) is 24.5 Å². The number of nitrogens with zero attached hydrogens (tertiary/aromatic N) is 3. The highest BCUT2D eigenvalue weighted by atomic mass is 19.4. The molecule has 0 aliphatic heterocycles. The molecule has 4 aromatic rings. The number of hydrogen-bond acceptors (Lipinski definition) is 5. The van der Waals surface area contributed by atoms with Crippen LogP contribution >= 0.6 is 0 Å². The lowest BCUT2D eigenvalue weighted by Gasteiger charge is -2.08. The number of nitro groups is 1. The number of nitrogens with one attached hydrogen (secondary N) is 1. The molecule has 0 bridgehead atoms. The van der Waals surface area contributed by atoms with E-state index in [0.717, 1.165) is 28.6 Å². The standard InChI is InChI=1S/C24H17F3N4O4/c25-24(26,27)18-8-9-20(22(11-18)31(34)35)29-28-12-17-14-30(21-7-2-1-6-19(17)21)13-15-4-3-5-16(10-15)23(32)33/h1-12,14,29H,13H2,(H,32,33)/b28-12+. The third-order valence-corrected chi connectivity index (χ3v) is 5.26. The van der Waals surface area contributed by atoms with Crippen LogP contribution in [0, 0.1) is 10.1 Å². The van der Waals surface area contributed by atoms with Gasteiger partial charge in [0, 0.05) is 35.3 Å². The molecule has 11 heteroatoms. The number of hydrogen-bond donors (Lipinski definition) is 2. The summed E-state index contributed by atoms with van der Waals surface area (Å²) in [6.45, 7) is 0.382. The van der Waals surface area contributed by atoms with Crippen molar-refractivity contribution in [3.8, 4) is 0 Å². The average molecular weight is 482 g/mol. The summed E-state index contributed by atoms with van der Waals surface area (Å²) >= 11 is 0. The van der Waals surface area contributed by atoms with Crippen molar-refractivity contribution >= 4 is 34.5 Å². The van der Waals surface area contributed by atoms with E-state index in [2.05, 4.69) is 10.5 Å². The summed E-state index contributed by atoms with van der Waals surface area (Å²) in [7, 11) is 0. The summed E-state index contributed by atoms with van der Waals surface area (Å²) in [5, 5.41) is 25.3. The summed E-state index contributed by atoms with van der Waals surface area (Å²) in [5.74, 6) is -1.03. The van der Waals surface area contributed by atoms with Crippen molar-refractivity contribution in [1.82, 2.24) is 4.57 Å². The highest BCUT2D eigenvalue weighted by Crippen LogP contribution is 2.35. The first-order chi connectivity index (χ1) is 16.6. The Balaban J connectivity index is 1.62. The Kier molecular flexibility index (Phi) is 6.24. The van der Waals surface area contributed by atoms with E-state index >= 15 is 0 Å². The molecule has 0 aliphatic carbocycles. The molecule has 0 atom stereocenters. The second-order valence-corrected chi connectivity index (χ2v) is 7.59. The fourth-order valence-electron chi connectivity index (χ4n) is 3.63. The minimum atomic E-state index is -4.71. The van der Waals surface area contributed by atoms with Crippen LogP contribution in [0.15, 0.2) is 78.0 Å². The Bertz CT molecular complexity index is 1460. The number of carbonyl (C=O) groups is 1. The number of nitro benzene ring substituents is 1. The molecule has 4 rings (SSSR count). The number of carboxylic acids is 1. The van der Waals surface area contributed by atoms with Crippen LogP contribution < -0.4 is 5.43 Å². The van der Waals surface area contributed by atoms with E-state index in [1.165, 1.54) is 12.3 Å². The summed E-state index contributed by atoms with van der Waals surface area (Å²) in [6, 6.07) is 16.1. The fraction of sp³-hybridized carbons (Fsp3) is 0.0833. The van der Waals surface area contributed by atoms with Crippen molar-refractivity contribution in [2.45, 2.75) is 12.7 Å². The van der Waals surface area contributed by atoms with Crippen LogP contribution in [0.2, 0.25) is 0 Å². The normalized spacial score (nSPS) is 11.7. The van der Waals surface area contributed by atoms with Gasteiger partial charge in [0.15, 0.2) is 0 Å². The number of para-hydroxylation sites is 1. The first-order valence-electron chi connectivity index (χ1n) is 10.2. The molecule has 0 fully saturated rings. The highest BCUT2D eigenvalue weighted by Gasteiger charge is 2.33. The first kappa shape index (κ1) is 23.5. The van der Waals surface area contributed by atoms with Gasteiger partial charge in [-0.3, -0.25) is 15.5 Å². The van der Waals surface area contributed by atoms with Gasteiger partial charge < -0.3 is 9.67 Å². The molecule has 0 radical (unpaired) electrons. The van der Waals surface area contributed by atoms with Crippen molar-refractivity contribution in [3.63, 3.8) is 0 Å². The van der Waals surface area contributed by atoms with E-state index in [-0.39, 0.29) is 11.3 Å². The number of halogens is 3. The van der Waals surface area contributed by atoms with E-state index in [4.69, 9.17) is 0 Å². The molecule has 178 valence electrons. The Morgan fingerprint density at radius 1 is 1.11 bits per heavy atom. The number of rotatable bonds is 7. The topological polar surface area (TPSA) is 110 Å². The summed E-state index contributed by atoms with van der Waals surface area (Å²) in [4.78, 5) is 21.6. The van der Waals surface area contributed by atoms with E-state index in [0.29, 0.717) is 18.2 Å². The van der Waals surface area contributed by atoms with E-state index in [9.17, 15) is 33.2 Å². The Hall–Kier alpha value is -4.67. The number of aromatic carboxylic acids is 1. The van der Waals surface area contributed by atoms with Crippen molar-refractivity contribution in [3.05, 3.63) is 105 Å².